The molecule has 98 valence electrons. The molecule has 0 aromatic carbocycles. The molecule has 0 spiro atoms. The van der Waals surface area contributed by atoms with Crippen LogP contribution in [-0.4, -0.2) is 34.2 Å². The van der Waals surface area contributed by atoms with E-state index < -0.39 is 5.97 Å². The minimum atomic E-state index is -0.931. The number of hydrazine groups is 1. The number of piperidine rings is 1. The molecule has 5 heteroatoms. The van der Waals surface area contributed by atoms with Crippen LogP contribution in [0.3, 0.4) is 0 Å². The molecule has 0 atom stereocenters. The minimum absolute atomic E-state index is 0.270. The fourth-order valence-electron chi connectivity index (χ4n) is 2.36. The summed E-state index contributed by atoms with van der Waals surface area (Å²) in [6, 6.07) is 1.80. The molecule has 0 saturated carbocycles. The third-order valence-electron chi connectivity index (χ3n) is 3.18. The van der Waals surface area contributed by atoms with E-state index in [0.717, 1.165) is 31.6 Å². The van der Waals surface area contributed by atoms with Crippen molar-refractivity contribution in [3.63, 3.8) is 0 Å². The molecule has 0 unspecified atom stereocenters. The van der Waals surface area contributed by atoms with Crippen molar-refractivity contribution >= 4 is 11.7 Å². The van der Waals surface area contributed by atoms with E-state index in [0.29, 0.717) is 11.4 Å². The van der Waals surface area contributed by atoms with Gasteiger partial charge in [0.1, 0.15) is 5.56 Å². The molecule has 1 saturated heterocycles. The van der Waals surface area contributed by atoms with Gasteiger partial charge in [0, 0.05) is 18.8 Å². The Morgan fingerprint density at radius 2 is 2.00 bits per heavy atom. The highest BCUT2D eigenvalue weighted by molar-refractivity contribution is 5.95. The Kier molecular flexibility index (Phi) is 3.81. The second kappa shape index (κ2) is 5.35. The van der Waals surface area contributed by atoms with E-state index in [4.69, 9.17) is 0 Å². The van der Waals surface area contributed by atoms with E-state index in [9.17, 15) is 9.90 Å². The Balaban J connectivity index is 2.27. The number of carbonyl (C=O) groups is 1. The summed E-state index contributed by atoms with van der Waals surface area (Å²) >= 11 is 0. The second-order valence-corrected chi connectivity index (χ2v) is 4.74. The van der Waals surface area contributed by atoms with Crippen LogP contribution in [0.25, 0.3) is 0 Å². The van der Waals surface area contributed by atoms with Crippen LogP contribution >= 0.6 is 0 Å². The lowest BCUT2D eigenvalue weighted by molar-refractivity contribution is 0.0696. The van der Waals surface area contributed by atoms with E-state index in [-0.39, 0.29) is 5.56 Å². The summed E-state index contributed by atoms with van der Waals surface area (Å²) < 4.78 is 0. The molecule has 0 aliphatic carbocycles. The Morgan fingerprint density at radius 3 is 2.61 bits per heavy atom. The van der Waals surface area contributed by atoms with Crippen molar-refractivity contribution in [2.45, 2.75) is 33.1 Å². The molecule has 1 fully saturated rings. The summed E-state index contributed by atoms with van der Waals surface area (Å²) in [5, 5.41) is 11.4. The van der Waals surface area contributed by atoms with Crippen molar-refractivity contribution in [2.75, 3.05) is 18.5 Å². The molecule has 0 amide bonds. The average molecular weight is 249 g/mol. The lowest BCUT2D eigenvalue weighted by Gasteiger charge is -2.28. The van der Waals surface area contributed by atoms with Crippen LogP contribution in [0.15, 0.2) is 6.07 Å². The molecule has 0 radical (unpaired) electrons. The molecule has 18 heavy (non-hydrogen) atoms. The molecule has 1 aromatic rings. The standard InChI is InChI=1S/C13H19N3O2/c1-9-8-11(12(13(17)18)10(2)14-9)15-16-6-4-3-5-7-16/h8H,3-7H2,1-2H3,(H,14,15)(H,17,18). The summed E-state index contributed by atoms with van der Waals surface area (Å²) in [4.78, 5) is 15.5. The summed E-state index contributed by atoms with van der Waals surface area (Å²) in [7, 11) is 0. The summed E-state index contributed by atoms with van der Waals surface area (Å²) in [6.07, 6.45) is 3.55. The maximum absolute atomic E-state index is 11.3. The van der Waals surface area contributed by atoms with Crippen molar-refractivity contribution in [3.05, 3.63) is 23.0 Å². The monoisotopic (exact) mass is 249 g/mol. The van der Waals surface area contributed by atoms with E-state index in [1.165, 1.54) is 6.42 Å². The highest BCUT2D eigenvalue weighted by Crippen LogP contribution is 2.21. The quantitative estimate of drug-likeness (QED) is 0.859. The predicted molar refractivity (Wildman–Crippen MR) is 69.7 cm³/mol. The maximum Gasteiger partial charge on any atom is 0.339 e. The Labute approximate surface area is 107 Å². The zero-order chi connectivity index (χ0) is 13.1. The topological polar surface area (TPSA) is 65.5 Å². The van der Waals surface area contributed by atoms with Gasteiger partial charge in [-0.05, 0) is 32.8 Å². The van der Waals surface area contributed by atoms with Gasteiger partial charge in [0.25, 0.3) is 0 Å². The molecule has 5 nitrogen and oxygen atoms in total. The Hall–Kier alpha value is -1.62. The van der Waals surface area contributed by atoms with E-state index >= 15 is 0 Å². The van der Waals surface area contributed by atoms with Gasteiger partial charge in [0.05, 0.1) is 11.4 Å². The molecular formula is C13H19N3O2. The van der Waals surface area contributed by atoms with Crippen molar-refractivity contribution in [1.82, 2.24) is 9.99 Å². The van der Waals surface area contributed by atoms with Gasteiger partial charge in [-0.25, -0.2) is 9.80 Å². The summed E-state index contributed by atoms with van der Waals surface area (Å²) in [6.45, 7) is 5.52. The van der Waals surface area contributed by atoms with Gasteiger partial charge in [-0.1, -0.05) is 6.42 Å². The largest absolute Gasteiger partial charge is 0.478 e. The van der Waals surface area contributed by atoms with Gasteiger partial charge >= 0.3 is 5.97 Å². The number of pyridine rings is 1. The number of nitrogens with one attached hydrogen (secondary N) is 1. The summed E-state index contributed by atoms with van der Waals surface area (Å²) in [5.74, 6) is -0.931. The Bertz CT molecular complexity index is 454. The number of hydrogen-bond donors (Lipinski definition) is 2. The number of aromatic carboxylic acids is 1. The molecule has 2 heterocycles. The fraction of sp³-hybridized carbons (Fsp3) is 0.538. The molecule has 2 N–H and O–H groups in total. The van der Waals surface area contributed by atoms with Gasteiger partial charge < -0.3 is 10.5 Å². The number of anilines is 1. The van der Waals surface area contributed by atoms with Crippen molar-refractivity contribution in [2.24, 2.45) is 0 Å². The second-order valence-electron chi connectivity index (χ2n) is 4.74. The van der Waals surface area contributed by atoms with Crippen LogP contribution in [0.2, 0.25) is 0 Å². The number of aromatic nitrogens is 1. The van der Waals surface area contributed by atoms with Crippen molar-refractivity contribution < 1.29 is 9.90 Å². The highest BCUT2D eigenvalue weighted by atomic mass is 16.4. The zero-order valence-electron chi connectivity index (χ0n) is 10.9. The first-order chi connectivity index (χ1) is 8.58. The van der Waals surface area contributed by atoms with Crippen molar-refractivity contribution in [1.29, 1.82) is 0 Å². The van der Waals surface area contributed by atoms with Crippen molar-refractivity contribution in [3.8, 4) is 0 Å². The first kappa shape index (κ1) is 12.8. The molecule has 1 aliphatic heterocycles. The van der Waals surface area contributed by atoms with Gasteiger partial charge in [-0.15, -0.1) is 0 Å². The number of nitrogens with zero attached hydrogens (tertiary/aromatic N) is 2. The normalized spacial score (nSPS) is 16.6. The third-order valence-corrected chi connectivity index (χ3v) is 3.18. The smallest absolute Gasteiger partial charge is 0.339 e. The highest BCUT2D eigenvalue weighted by Gasteiger charge is 2.18. The Morgan fingerprint density at radius 1 is 1.33 bits per heavy atom. The van der Waals surface area contributed by atoms with Crippen LogP contribution in [0.4, 0.5) is 5.69 Å². The van der Waals surface area contributed by atoms with E-state index in [1.807, 2.05) is 6.92 Å². The first-order valence-electron chi connectivity index (χ1n) is 6.31. The zero-order valence-corrected chi connectivity index (χ0v) is 10.9. The number of aryl methyl sites for hydroxylation is 2. The van der Waals surface area contributed by atoms with Crippen LogP contribution in [-0.2, 0) is 0 Å². The number of hydrogen-bond acceptors (Lipinski definition) is 4. The number of carboxylic acids is 1. The predicted octanol–water partition coefficient (Wildman–Crippen LogP) is 2.21. The van der Waals surface area contributed by atoms with Gasteiger partial charge in [-0.2, -0.15) is 0 Å². The first-order valence-corrected chi connectivity index (χ1v) is 6.31. The fourth-order valence-corrected chi connectivity index (χ4v) is 2.36. The van der Waals surface area contributed by atoms with Crippen LogP contribution in [0.5, 0.6) is 0 Å². The van der Waals surface area contributed by atoms with E-state index in [1.54, 1.807) is 13.0 Å². The lowest BCUT2D eigenvalue weighted by Crippen LogP contribution is -2.35. The lowest BCUT2D eigenvalue weighted by atomic mass is 10.1. The van der Waals surface area contributed by atoms with E-state index in [2.05, 4.69) is 15.4 Å². The number of carboxylic acid groups (broad SMARTS) is 1. The van der Waals surface area contributed by atoms with Crippen LogP contribution < -0.4 is 5.43 Å². The molecule has 0 bridgehead atoms. The van der Waals surface area contributed by atoms with Gasteiger partial charge in [0.15, 0.2) is 0 Å². The summed E-state index contributed by atoms with van der Waals surface area (Å²) in [5.41, 5.74) is 5.53. The number of rotatable bonds is 3. The van der Waals surface area contributed by atoms with Gasteiger partial charge in [0.2, 0.25) is 0 Å². The third kappa shape index (κ3) is 2.79. The SMILES string of the molecule is Cc1cc(NN2CCCCC2)c(C(=O)O)c(C)n1. The molecule has 1 aliphatic rings. The minimum Gasteiger partial charge on any atom is -0.478 e. The van der Waals surface area contributed by atoms with Crippen LogP contribution in [0, 0.1) is 13.8 Å². The van der Waals surface area contributed by atoms with Crippen LogP contribution in [0.1, 0.15) is 41.0 Å². The molecule has 2 rings (SSSR count). The maximum atomic E-state index is 11.3. The average Bonchev–Trinajstić information content (AvgIpc) is 2.28. The van der Waals surface area contributed by atoms with Gasteiger partial charge in [-0.3, -0.25) is 4.98 Å². The molecule has 1 aromatic heterocycles. The molecular weight excluding hydrogens is 230 g/mol.